The van der Waals surface area contributed by atoms with E-state index in [1.165, 1.54) is 36.9 Å². The van der Waals surface area contributed by atoms with Crippen molar-refractivity contribution in [1.82, 2.24) is 15.1 Å². The SMILES string of the molecule is CCCN(Cc1cccc(C=Cc2n[nH]c3cc(C)c(NC(=O)Cc4cccs4)cc23)c1)CC1CC1. The van der Waals surface area contributed by atoms with Gasteiger partial charge < -0.3 is 5.32 Å². The largest absolute Gasteiger partial charge is 0.326 e. The van der Waals surface area contributed by atoms with Crippen LogP contribution < -0.4 is 5.32 Å². The number of anilines is 1. The number of aryl methyl sites for hydroxylation is 1. The van der Waals surface area contributed by atoms with Crippen LogP contribution in [0.1, 0.15) is 53.4 Å². The Kier molecular flexibility index (Phi) is 7.63. The number of aromatic amines is 1. The minimum atomic E-state index is -0.00361. The molecule has 0 unspecified atom stereocenters. The van der Waals surface area contributed by atoms with Crippen molar-refractivity contribution in [2.45, 2.75) is 46.1 Å². The molecule has 6 heteroatoms. The van der Waals surface area contributed by atoms with Crippen molar-refractivity contribution in [3.05, 3.63) is 81.2 Å². The molecule has 0 saturated heterocycles. The number of hydrogen-bond donors (Lipinski definition) is 2. The van der Waals surface area contributed by atoms with Crippen LogP contribution in [0.3, 0.4) is 0 Å². The first kappa shape index (κ1) is 24.5. The molecule has 1 fully saturated rings. The Balaban J connectivity index is 1.30. The fourth-order valence-electron chi connectivity index (χ4n) is 4.67. The minimum Gasteiger partial charge on any atom is -0.326 e. The Hall–Kier alpha value is -3.22. The van der Waals surface area contributed by atoms with Crippen molar-refractivity contribution in [3.8, 4) is 0 Å². The fourth-order valence-corrected chi connectivity index (χ4v) is 5.37. The van der Waals surface area contributed by atoms with E-state index in [-0.39, 0.29) is 5.91 Å². The lowest BCUT2D eigenvalue weighted by molar-refractivity contribution is -0.115. The number of fused-ring (bicyclic) bond motifs is 1. The van der Waals surface area contributed by atoms with Crippen molar-refractivity contribution < 1.29 is 4.79 Å². The predicted molar refractivity (Wildman–Crippen MR) is 151 cm³/mol. The molecule has 4 aromatic rings. The standard InChI is InChI=1S/C30H34N4OS/c1-3-13-34(19-23-9-10-23)20-24-7-4-6-22(16-24)11-12-27-26-18-28(21(2)15-29(26)33-32-27)31-30(35)17-25-8-5-14-36-25/h4-8,11-12,14-16,18,23H,3,9-10,13,17,19-20H2,1-2H3,(H,31,35)(H,32,33). The van der Waals surface area contributed by atoms with Gasteiger partial charge >= 0.3 is 0 Å². The van der Waals surface area contributed by atoms with Gasteiger partial charge in [0.05, 0.1) is 17.6 Å². The van der Waals surface area contributed by atoms with E-state index in [0.717, 1.165) is 51.7 Å². The van der Waals surface area contributed by atoms with Crippen LogP contribution in [-0.2, 0) is 17.8 Å². The smallest absolute Gasteiger partial charge is 0.229 e. The maximum atomic E-state index is 12.6. The van der Waals surface area contributed by atoms with Crippen LogP contribution in [0.4, 0.5) is 5.69 Å². The van der Waals surface area contributed by atoms with Gasteiger partial charge in [-0.05, 0) is 85.0 Å². The Labute approximate surface area is 217 Å². The highest BCUT2D eigenvalue weighted by Gasteiger charge is 2.23. The number of nitrogens with zero attached hydrogens (tertiary/aromatic N) is 2. The van der Waals surface area contributed by atoms with E-state index >= 15 is 0 Å². The molecule has 0 aliphatic heterocycles. The summed E-state index contributed by atoms with van der Waals surface area (Å²) in [5, 5.41) is 13.8. The molecule has 186 valence electrons. The number of hydrogen-bond acceptors (Lipinski definition) is 4. The van der Waals surface area contributed by atoms with Gasteiger partial charge in [0.15, 0.2) is 0 Å². The molecule has 0 atom stereocenters. The summed E-state index contributed by atoms with van der Waals surface area (Å²) in [5.41, 5.74) is 6.19. The monoisotopic (exact) mass is 498 g/mol. The summed E-state index contributed by atoms with van der Waals surface area (Å²) < 4.78 is 0. The van der Waals surface area contributed by atoms with E-state index in [2.05, 4.69) is 63.8 Å². The van der Waals surface area contributed by atoms with Crippen LogP contribution in [-0.4, -0.2) is 34.1 Å². The van der Waals surface area contributed by atoms with Crippen LogP contribution in [0.5, 0.6) is 0 Å². The fraction of sp³-hybridized carbons (Fsp3) is 0.333. The molecule has 1 saturated carbocycles. The molecule has 0 spiro atoms. The number of carbonyl (C=O) groups excluding carboxylic acids is 1. The normalized spacial score (nSPS) is 13.8. The molecule has 1 aliphatic rings. The second-order valence-electron chi connectivity index (χ2n) is 9.88. The molecule has 5 rings (SSSR count). The lowest BCUT2D eigenvalue weighted by atomic mass is 10.1. The molecule has 2 aromatic carbocycles. The van der Waals surface area contributed by atoms with E-state index in [9.17, 15) is 4.79 Å². The number of H-pyrrole nitrogens is 1. The highest BCUT2D eigenvalue weighted by Crippen LogP contribution is 2.30. The number of nitrogens with one attached hydrogen (secondary N) is 2. The number of thiophene rings is 1. The minimum absolute atomic E-state index is 0.00361. The Morgan fingerprint density at radius 2 is 2.08 bits per heavy atom. The van der Waals surface area contributed by atoms with Crippen LogP contribution in [0.15, 0.2) is 53.9 Å². The van der Waals surface area contributed by atoms with Gasteiger partial charge in [0, 0.05) is 29.0 Å². The van der Waals surface area contributed by atoms with Gasteiger partial charge in [-0.15, -0.1) is 11.3 Å². The molecule has 1 amide bonds. The second-order valence-corrected chi connectivity index (χ2v) is 10.9. The molecule has 0 bridgehead atoms. The van der Waals surface area contributed by atoms with Gasteiger partial charge in [0.1, 0.15) is 0 Å². The summed E-state index contributed by atoms with van der Waals surface area (Å²) >= 11 is 1.60. The highest BCUT2D eigenvalue weighted by atomic mass is 32.1. The molecule has 1 aliphatic carbocycles. The molecular weight excluding hydrogens is 464 g/mol. The Morgan fingerprint density at radius 1 is 1.19 bits per heavy atom. The van der Waals surface area contributed by atoms with Gasteiger partial charge in [-0.25, -0.2) is 0 Å². The molecule has 5 nitrogen and oxygen atoms in total. The van der Waals surface area contributed by atoms with Gasteiger partial charge in [-0.2, -0.15) is 5.10 Å². The summed E-state index contributed by atoms with van der Waals surface area (Å²) in [7, 11) is 0. The maximum absolute atomic E-state index is 12.6. The van der Waals surface area contributed by atoms with Gasteiger partial charge in [0.2, 0.25) is 5.91 Å². The Bertz CT molecular complexity index is 1350. The van der Waals surface area contributed by atoms with E-state index in [1.807, 2.05) is 36.6 Å². The van der Waals surface area contributed by atoms with Gasteiger partial charge in [0.25, 0.3) is 0 Å². The van der Waals surface area contributed by atoms with Crippen molar-refractivity contribution in [3.63, 3.8) is 0 Å². The summed E-state index contributed by atoms with van der Waals surface area (Å²) in [6.45, 7) is 7.65. The van der Waals surface area contributed by atoms with Gasteiger partial charge in [-0.3, -0.25) is 14.8 Å². The number of carbonyl (C=O) groups is 1. The summed E-state index contributed by atoms with van der Waals surface area (Å²) in [5.74, 6) is 0.901. The molecule has 0 radical (unpaired) electrons. The van der Waals surface area contributed by atoms with E-state index in [0.29, 0.717) is 6.42 Å². The molecule has 2 aromatic heterocycles. The number of amides is 1. The summed E-state index contributed by atoms with van der Waals surface area (Å²) in [6.07, 6.45) is 8.53. The molecule has 36 heavy (non-hydrogen) atoms. The van der Waals surface area contributed by atoms with Crippen molar-refractivity contribution in [2.75, 3.05) is 18.4 Å². The average Bonchev–Trinajstić information content (AvgIpc) is 3.36. The zero-order chi connectivity index (χ0) is 24.9. The molecular formula is C30H34N4OS. The Morgan fingerprint density at radius 3 is 2.86 bits per heavy atom. The van der Waals surface area contributed by atoms with Crippen LogP contribution in [0.25, 0.3) is 23.1 Å². The lowest BCUT2D eigenvalue weighted by Crippen LogP contribution is -2.26. The number of aromatic nitrogens is 2. The van der Waals surface area contributed by atoms with Crippen molar-refractivity contribution in [2.24, 2.45) is 5.92 Å². The molecule has 2 heterocycles. The first-order valence-electron chi connectivity index (χ1n) is 12.9. The predicted octanol–water partition coefficient (Wildman–Crippen LogP) is 6.91. The van der Waals surface area contributed by atoms with Crippen LogP contribution in [0.2, 0.25) is 0 Å². The lowest BCUT2D eigenvalue weighted by Gasteiger charge is -2.21. The summed E-state index contributed by atoms with van der Waals surface area (Å²) in [4.78, 5) is 16.2. The zero-order valence-corrected chi connectivity index (χ0v) is 21.9. The third-order valence-electron chi connectivity index (χ3n) is 6.67. The van der Waals surface area contributed by atoms with E-state index in [1.54, 1.807) is 11.3 Å². The average molecular weight is 499 g/mol. The van der Waals surface area contributed by atoms with Crippen molar-refractivity contribution >= 4 is 46.0 Å². The first-order valence-corrected chi connectivity index (χ1v) is 13.8. The quantitative estimate of drug-likeness (QED) is 0.236. The van der Waals surface area contributed by atoms with Crippen LogP contribution >= 0.6 is 11.3 Å². The van der Waals surface area contributed by atoms with E-state index < -0.39 is 0 Å². The zero-order valence-electron chi connectivity index (χ0n) is 21.1. The second kappa shape index (κ2) is 11.2. The maximum Gasteiger partial charge on any atom is 0.229 e. The van der Waals surface area contributed by atoms with Gasteiger partial charge in [-0.1, -0.05) is 43.3 Å². The summed E-state index contributed by atoms with van der Waals surface area (Å²) in [6, 6.07) is 16.8. The number of rotatable bonds is 11. The topological polar surface area (TPSA) is 61.0 Å². The van der Waals surface area contributed by atoms with E-state index in [4.69, 9.17) is 0 Å². The number of benzene rings is 2. The molecule has 2 N–H and O–H groups in total. The third kappa shape index (κ3) is 6.31. The van der Waals surface area contributed by atoms with Crippen molar-refractivity contribution in [1.29, 1.82) is 0 Å². The third-order valence-corrected chi connectivity index (χ3v) is 7.55. The van der Waals surface area contributed by atoms with Crippen LogP contribution in [0, 0.1) is 12.8 Å². The first-order chi connectivity index (χ1) is 17.6. The highest BCUT2D eigenvalue weighted by molar-refractivity contribution is 7.10.